The smallest absolute Gasteiger partial charge is 0.214 e. The van der Waals surface area contributed by atoms with Crippen LogP contribution in [-0.2, 0) is 14.8 Å². The van der Waals surface area contributed by atoms with Crippen LogP contribution in [0.2, 0.25) is 0 Å². The first kappa shape index (κ1) is 14.9. The predicted octanol–water partition coefficient (Wildman–Crippen LogP) is 2.01. The van der Waals surface area contributed by atoms with Gasteiger partial charge in [-0.1, -0.05) is 19.8 Å². The monoisotopic (exact) mass is 263 g/mol. The van der Waals surface area contributed by atoms with Gasteiger partial charge in [-0.15, -0.1) is 0 Å². The molecule has 1 saturated heterocycles. The molecule has 1 fully saturated rings. The fraction of sp³-hybridized carbons (Fsp3) is 1.00. The zero-order chi connectivity index (χ0) is 12.7. The molecule has 0 spiro atoms. The molecule has 0 N–H and O–H groups in total. The van der Waals surface area contributed by atoms with Crippen LogP contribution in [0.5, 0.6) is 0 Å². The molecule has 0 bridgehead atoms. The van der Waals surface area contributed by atoms with Crippen molar-refractivity contribution < 1.29 is 13.2 Å². The fourth-order valence-corrected chi connectivity index (χ4v) is 3.82. The normalized spacial score (nSPS) is 22.8. The second kappa shape index (κ2) is 7.34. The number of rotatable bonds is 7. The van der Waals surface area contributed by atoms with Gasteiger partial charge in [-0.05, 0) is 26.2 Å². The highest BCUT2D eigenvalue weighted by Crippen LogP contribution is 2.17. The van der Waals surface area contributed by atoms with Crippen LogP contribution in [0, 0.1) is 0 Å². The first-order valence-corrected chi connectivity index (χ1v) is 8.30. The molecule has 0 unspecified atom stereocenters. The minimum absolute atomic E-state index is 0.0923. The third kappa shape index (κ3) is 4.94. The molecular formula is C12H25NO3S. The summed E-state index contributed by atoms with van der Waals surface area (Å²) in [7, 11) is -3.05. The first-order valence-electron chi connectivity index (χ1n) is 6.69. The number of piperidine rings is 1. The van der Waals surface area contributed by atoms with Crippen molar-refractivity contribution in [1.82, 2.24) is 4.31 Å². The van der Waals surface area contributed by atoms with Crippen LogP contribution in [0.3, 0.4) is 0 Å². The lowest BCUT2D eigenvalue weighted by atomic mass is 10.1. The Morgan fingerprint density at radius 1 is 1.29 bits per heavy atom. The van der Waals surface area contributed by atoms with Gasteiger partial charge in [0.1, 0.15) is 0 Å². The molecule has 0 aromatic carbocycles. The maximum atomic E-state index is 12.1. The second-order valence-electron chi connectivity index (χ2n) is 4.60. The molecule has 102 valence electrons. The fourth-order valence-electron chi connectivity index (χ4n) is 2.19. The Labute approximate surface area is 105 Å². The molecule has 0 aromatic rings. The van der Waals surface area contributed by atoms with E-state index in [1.807, 2.05) is 6.92 Å². The number of unbranched alkanes of at least 4 members (excludes halogenated alkanes) is 2. The van der Waals surface area contributed by atoms with Gasteiger partial charge in [-0.25, -0.2) is 8.42 Å². The molecule has 1 rings (SSSR count). The average molecular weight is 263 g/mol. The summed E-state index contributed by atoms with van der Waals surface area (Å²) in [5.41, 5.74) is 0. The molecule has 0 radical (unpaired) electrons. The summed E-state index contributed by atoms with van der Waals surface area (Å²) in [6.45, 7) is 5.90. The third-order valence-corrected chi connectivity index (χ3v) is 5.07. The molecule has 1 heterocycles. The number of sulfonamides is 1. The molecule has 1 atom stereocenters. The quantitative estimate of drug-likeness (QED) is 0.660. The van der Waals surface area contributed by atoms with Crippen molar-refractivity contribution in [1.29, 1.82) is 0 Å². The van der Waals surface area contributed by atoms with Crippen LogP contribution in [0.1, 0.15) is 46.0 Å². The van der Waals surface area contributed by atoms with E-state index in [0.717, 1.165) is 32.1 Å². The SMILES string of the molecule is CCCCCS(=O)(=O)N1CCC[C@@H](OCC)C1. The Morgan fingerprint density at radius 3 is 2.71 bits per heavy atom. The standard InChI is InChI=1S/C12H25NO3S/c1-3-5-6-10-17(14,15)13-9-7-8-12(11-13)16-4-2/h12H,3-11H2,1-2H3/t12-/m1/s1. The van der Waals surface area contributed by atoms with Gasteiger partial charge >= 0.3 is 0 Å². The van der Waals surface area contributed by atoms with E-state index in [-0.39, 0.29) is 6.10 Å². The van der Waals surface area contributed by atoms with Crippen LogP contribution in [0.4, 0.5) is 0 Å². The number of hydrogen-bond acceptors (Lipinski definition) is 3. The largest absolute Gasteiger partial charge is 0.377 e. The van der Waals surface area contributed by atoms with Crippen molar-refractivity contribution in [3.05, 3.63) is 0 Å². The minimum Gasteiger partial charge on any atom is -0.377 e. The Balaban J connectivity index is 2.46. The number of ether oxygens (including phenoxy) is 1. The molecule has 0 saturated carbocycles. The molecule has 1 aliphatic rings. The molecule has 0 aromatic heterocycles. The lowest BCUT2D eigenvalue weighted by molar-refractivity contribution is 0.0265. The third-order valence-electron chi connectivity index (χ3n) is 3.14. The Hall–Kier alpha value is -0.130. The first-order chi connectivity index (χ1) is 8.10. The lowest BCUT2D eigenvalue weighted by Crippen LogP contribution is -2.44. The van der Waals surface area contributed by atoms with Gasteiger partial charge in [-0.2, -0.15) is 4.31 Å². The Morgan fingerprint density at radius 2 is 2.06 bits per heavy atom. The van der Waals surface area contributed by atoms with Gasteiger partial charge in [0, 0.05) is 19.7 Å². The van der Waals surface area contributed by atoms with Crippen molar-refractivity contribution >= 4 is 10.0 Å². The summed E-state index contributed by atoms with van der Waals surface area (Å²) in [6.07, 6.45) is 4.80. The maximum absolute atomic E-state index is 12.1. The highest BCUT2D eigenvalue weighted by molar-refractivity contribution is 7.89. The van der Waals surface area contributed by atoms with E-state index >= 15 is 0 Å². The molecular weight excluding hydrogens is 238 g/mol. The van der Waals surface area contributed by atoms with Crippen molar-refractivity contribution in [2.24, 2.45) is 0 Å². The van der Waals surface area contributed by atoms with Crippen LogP contribution in [-0.4, -0.2) is 44.3 Å². The van der Waals surface area contributed by atoms with Gasteiger partial charge in [0.25, 0.3) is 0 Å². The van der Waals surface area contributed by atoms with Gasteiger partial charge in [-0.3, -0.25) is 0 Å². The van der Waals surface area contributed by atoms with E-state index in [0.29, 0.717) is 25.4 Å². The van der Waals surface area contributed by atoms with E-state index < -0.39 is 10.0 Å². The Kier molecular flexibility index (Phi) is 6.44. The Bertz CT molecular complexity index is 301. The van der Waals surface area contributed by atoms with Crippen molar-refractivity contribution in [2.75, 3.05) is 25.4 Å². The molecule has 5 heteroatoms. The molecule has 17 heavy (non-hydrogen) atoms. The number of nitrogens with zero attached hydrogens (tertiary/aromatic N) is 1. The lowest BCUT2D eigenvalue weighted by Gasteiger charge is -2.31. The number of hydrogen-bond donors (Lipinski definition) is 0. The van der Waals surface area contributed by atoms with E-state index in [4.69, 9.17) is 4.74 Å². The van der Waals surface area contributed by atoms with Crippen molar-refractivity contribution in [3.8, 4) is 0 Å². The zero-order valence-corrected chi connectivity index (χ0v) is 11.8. The summed E-state index contributed by atoms with van der Waals surface area (Å²) < 4.78 is 31.3. The molecule has 0 aliphatic carbocycles. The van der Waals surface area contributed by atoms with Crippen LogP contribution < -0.4 is 0 Å². The van der Waals surface area contributed by atoms with Crippen molar-refractivity contribution in [2.45, 2.75) is 52.1 Å². The second-order valence-corrected chi connectivity index (χ2v) is 6.69. The van der Waals surface area contributed by atoms with Crippen LogP contribution in [0.25, 0.3) is 0 Å². The predicted molar refractivity (Wildman–Crippen MR) is 69.5 cm³/mol. The summed E-state index contributed by atoms with van der Waals surface area (Å²) in [4.78, 5) is 0. The van der Waals surface area contributed by atoms with Crippen LogP contribution >= 0.6 is 0 Å². The molecule has 0 amide bonds. The summed E-state index contributed by atoms with van der Waals surface area (Å²) >= 11 is 0. The van der Waals surface area contributed by atoms with Gasteiger partial charge < -0.3 is 4.74 Å². The topological polar surface area (TPSA) is 46.6 Å². The molecule has 1 aliphatic heterocycles. The average Bonchev–Trinajstić information content (AvgIpc) is 2.30. The summed E-state index contributed by atoms with van der Waals surface area (Å²) in [6, 6.07) is 0. The van der Waals surface area contributed by atoms with Gasteiger partial charge in [0.05, 0.1) is 11.9 Å². The van der Waals surface area contributed by atoms with Crippen molar-refractivity contribution in [3.63, 3.8) is 0 Å². The van der Waals surface area contributed by atoms with Gasteiger partial charge in [0.2, 0.25) is 10.0 Å². The van der Waals surface area contributed by atoms with Gasteiger partial charge in [0.15, 0.2) is 0 Å². The van der Waals surface area contributed by atoms with E-state index in [1.54, 1.807) is 4.31 Å². The van der Waals surface area contributed by atoms with E-state index in [9.17, 15) is 8.42 Å². The highest BCUT2D eigenvalue weighted by atomic mass is 32.2. The minimum atomic E-state index is -3.05. The molecule has 4 nitrogen and oxygen atoms in total. The van der Waals surface area contributed by atoms with Crippen LogP contribution in [0.15, 0.2) is 0 Å². The van der Waals surface area contributed by atoms with E-state index in [1.165, 1.54) is 0 Å². The zero-order valence-electron chi connectivity index (χ0n) is 11.0. The van der Waals surface area contributed by atoms with E-state index in [2.05, 4.69) is 6.92 Å². The summed E-state index contributed by atoms with van der Waals surface area (Å²) in [5, 5.41) is 0. The highest BCUT2D eigenvalue weighted by Gasteiger charge is 2.28. The summed E-state index contributed by atoms with van der Waals surface area (Å²) in [5.74, 6) is 0.291. The maximum Gasteiger partial charge on any atom is 0.214 e.